The van der Waals surface area contributed by atoms with Crippen LogP contribution < -0.4 is 16.0 Å². The van der Waals surface area contributed by atoms with Crippen LogP contribution in [0.25, 0.3) is 0 Å². The number of carbonyl (C=O) groups excluding carboxylic acids is 2. The normalized spacial score (nSPS) is 11.7. The van der Waals surface area contributed by atoms with Gasteiger partial charge in [0.1, 0.15) is 0 Å². The van der Waals surface area contributed by atoms with Gasteiger partial charge in [-0.1, -0.05) is 44.2 Å². The van der Waals surface area contributed by atoms with E-state index in [-0.39, 0.29) is 23.9 Å². The van der Waals surface area contributed by atoms with E-state index in [0.29, 0.717) is 11.4 Å². The second kappa shape index (κ2) is 9.61. The summed E-state index contributed by atoms with van der Waals surface area (Å²) in [5.41, 5.74) is 2.66. The molecule has 0 aromatic heterocycles. The van der Waals surface area contributed by atoms with Crippen molar-refractivity contribution < 1.29 is 9.59 Å². The highest BCUT2D eigenvalue weighted by Gasteiger charge is 2.09. The highest BCUT2D eigenvalue weighted by Crippen LogP contribution is 2.14. The number of rotatable bonds is 7. The van der Waals surface area contributed by atoms with Crippen LogP contribution in [0, 0.1) is 5.92 Å². The molecule has 2 aromatic carbocycles. The van der Waals surface area contributed by atoms with Gasteiger partial charge in [0.05, 0.1) is 0 Å². The van der Waals surface area contributed by atoms with E-state index in [2.05, 4.69) is 28.1 Å². The molecule has 0 saturated carbocycles. The van der Waals surface area contributed by atoms with Gasteiger partial charge >= 0.3 is 6.03 Å². The molecule has 0 unspecified atom stereocenters. The molecule has 0 bridgehead atoms. The van der Waals surface area contributed by atoms with Crippen molar-refractivity contribution in [3.63, 3.8) is 0 Å². The zero-order chi connectivity index (χ0) is 18.9. The highest BCUT2D eigenvalue weighted by molar-refractivity contribution is 5.93. The minimum Gasteiger partial charge on any atom is -0.335 e. The predicted molar refractivity (Wildman–Crippen MR) is 106 cm³/mol. The van der Waals surface area contributed by atoms with Crippen molar-refractivity contribution in [2.45, 2.75) is 39.7 Å². The van der Waals surface area contributed by atoms with Gasteiger partial charge in [0.15, 0.2) is 0 Å². The first-order chi connectivity index (χ1) is 12.4. The molecule has 0 saturated heterocycles. The Bertz CT molecular complexity index is 712. The number of anilines is 2. The lowest BCUT2D eigenvalue weighted by molar-refractivity contribution is -0.118. The number of hydrogen-bond acceptors (Lipinski definition) is 2. The van der Waals surface area contributed by atoms with Crippen LogP contribution in [-0.2, 0) is 11.2 Å². The van der Waals surface area contributed by atoms with Crippen LogP contribution in [0.15, 0.2) is 54.6 Å². The number of nitrogens with one attached hydrogen (secondary N) is 3. The minimum atomic E-state index is -0.232. The Morgan fingerprint density at radius 2 is 1.42 bits per heavy atom. The fourth-order valence-corrected chi connectivity index (χ4v) is 2.41. The molecule has 0 aliphatic heterocycles. The van der Waals surface area contributed by atoms with Gasteiger partial charge < -0.3 is 16.0 Å². The molecule has 0 fully saturated rings. The minimum absolute atomic E-state index is 0.0318. The lowest BCUT2D eigenvalue weighted by atomic mass is 10.1. The van der Waals surface area contributed by atoms with E-state index in [0.717, 1.165) is 12.8 Å². The quantitative estimate of drug-likeness (QED) is 0.689. The van der Waals surface area contributed by atoms with Crippen LogP contribution in [0.4, 0.5) is 16.2 Å². The summed E-state index contributed by atoms with van der Waals surface area (Å²) < 4.78 is 0. The zero-order valence-electron chi connectivity index (χ0n) is 15.6. The smallest absolute Gasteiger partial charge is 0.319 e. The van der Waals surface area contributed by atoms with Gasteiger partial charge in [-0.15, -0.1) is 0 Å². The van der Waals surface area contributed by atoms with Crippen molar-refractivity contribution in [3.05, 3.63) is 60.2 Å². The van der Waals surface area contributed by atoms with E-state index >= 15 is 0 Å². The standard InChI is InChI=1S/C21H27N3O2/c1-15(2)20(25)23-18-11-13-19(14-12-18)24-21(26)22-16(3)9-10-17-7-5-4-6-8-17/h4-8,11-16H,9-10H2,1-3H3,(H,23,25)(H2,22,24,26)/t16-/m0/s1. The molecule has 5 nitrogen and oxygen atoms in total. The maximum absolute atomic E-state index is 12.1. The summed E-state index contributed by atoms with van der Waals surface area (Å²) in [6.07, 6.45) is 1.80. The van der Waals surface area contributed by atoms with E-state index in [9.17, 15) is 9.59 Å². The molecular weight excluding hydrogens is 326 g/mol. The summed E-state index contributed by atoms with van der Waals surface area (Å²) in [6.45, 7) is 5.68. The van der Waals surface area contributed by atoms with E-state index < -0.39 is 0 Å². The SMILES string of the molecule is CC(C)C(=O)Nc1ccc(NC(=O)N[C@@H](C)CCc2ccccc2)cc1. The third-order valence-electron chi connectivity index (χ3n) is 4.02. The molecule has 3 N–H and O–H groups in total. The summed E-state index contributed by atoms with van der Waals surface area (Å²) in [4.78, 5) is 23.8. The third-order valence-corrected chi connectivity index (χ3v) is 4.02. The van der Waals surface area contributed by atoms with E-state index in [1.54, 1.807) is 24.3 Å². The van der Waals surface area contributed by atoms with Crippen LogP contribution >= 0.6 is 0 Å². The Morgan fingerprint density at radius 3 is 2.00 bits per heavy atom. The summed E-state index contributed by atoms with van der Waals surface area (Å²) >= 11 is 0. The molecule has 0 radical (unpaired) electrons. The predicted octanol–water partition coefficient (Wildman–Crippen LogP) is 4.42. The molecular formula is C21H27N3O2. The lowest BCUT2D eigenvalue weighted by Crippen LogP contribution is -2.36. The number of benzene rings is 2. The second-order valence-electron chi connectivity index (χ2n) is 6.75. The van der Waals surface area contributed by atoms with Crippen LogP contribution in [0.2, 0.25) is 0 Å². The van der Waals surface area contributed by atoms with Crippen molar-refractivity contribution in [1.29, 1.82) is 0 Å². The van der Waals surface area contributed by atoms with E-state index in [1.165, 1.54) is 5.56 Å². The van der Waals surface area contributed by atoms with Crippen molar-refractivity contribution in [1.82, 2.24) is 5.32 Å². The van der Waals surface area contributed by atoms with Crippen molar-refractivity contribution >= 4 is 23.3 Å². The monoisotopic (exact) mass is 353 g/mol. The van der Waals surface area contributed by atoms with Crippen LogP contribution in [0.5, 0.6) is 0 Å². The first-order valence-electron chi connectivity index (χ1n) is 8.96. The fraction of sp³-hybridized carbons (Fsp3) is 0.333. The van der Waals surface area contributed by atoms with Gasteiger partial charge in [0, 0.05) is 23.3 Å². The average Bonchev–Trinajstić information content (AvgIpc) is 2.62. The zero-order valence-corrected chi connectivity index (χ0v) is 15.6. The van der Waals surface area contributed by atoms with Crippen molar-refractivity contribution in [3.8, 4) is 0 Å². The number of hydrogen-bond donors (Lipinski definition) is 3. The highest BCUT2D eigenvalue weighted by atomic mass is 16.2. The summed E-state index contributed by atoms with van der Waals surface area (Å²) in [6, 6.07) is 17.1. The maximum Gasteiger partial charge on any atom is 0.319 e. The Labute approximate surface area is 155 Å². The molecule has 26 heavy (non-hydrogen) atoms. The first kappa shape index (κ1) is 19.5. The molecule has 3 amide bonds. The van der Waals surface area contributed by atoms with E-state index in [1.807, 2.05) is 39.0 Å². The van der Waals surface area contributed by atoms with Crippen molar-refractivity contribution in [2.24, 2.45) is 5.92 Å². The van der Waals surface area contributed by atoms with Gasteiger partial charge in [0.25, 0.3) is 0 Å². The second-order valence-corrected chi connectivity index (χ2v) is 6.75. The lowest BCUT2D eigenvalue weighted by Gasteiger charge is -2.15. The third kappa shape index (κ3) is 6.59. The maximum atomic E-state index is 12.1. The first-order valence-corrected chi connectivity index (χ1v) is 8.96. The number of carbonyl (C=O) groups is 2. The van der Waals surface area contributed by atoms with Gasteiger partial charge in [-0.3, -0.25) is 4.79 Å². The Hall–Kier alpha value is -2.82. The van der Waals surface area contributed by atoms with Gasteiger partial charge in [0.2, 0.25) is 5.91 Å². The van der Waals surface area contributed by atoms with Crippen LogP contribution in [-0.4, -0.2) is 18.0 Å². The topological polar surface area (TPSA) is 70.2 Å². The van der Waals surface area contributed by atoms with Gasteiger partial charge in [-0.05, 0) is 49.6 Å². The molecule has 1 atom stereocenters. The molecule has 138 valence electrons. The van der Waals surface area contributed by atoms with Crippen LogP contribution in [0.1, 0.15) is 32.8 Å². The molecule has 0 spiro atoms. The summed E-state index contributed by atoms with van der Waals surface area (Å²) in [5.74, 6) is -0.105. The molecule has 0 aliphatic carbocycles. The fourth-order valence-electron chi connectivity index (χ4n) is 2.41. The number of aryl methyl sites for hydroxylation is 1. The summed E-state index contributed by atoms with van der Waals surface area (Å²) in [5, 5.41) is 8.57. The largest absolute Gasteiger partial charge is 0.335 e. The Balaban J connectivity index is 1.77. The number of amides is 3. The Kier molecular flexibility index (Phi) is 7.21. The molecule has 0 aliphatic rings. The van der Waals surface area contributed by atoms with Crippen molar-refractivity contribution in [2.75, 3.05) is 10.6 Å². The van der Waals surface area contributed by atoms with Gasteiger partial charge in [-0.25, -0.2) is 4.79 Å². The molecule has 2 rings (SSSR count). The Morgan fingerprint density at radius 1 is 0.846 bits per heavy atom. The number of urea groups is 1. The molecule has 2 aromatic rings. The van der Waals surface area contributed by atoms with E-state index in [4.69, 9.17) is 0 Å². The molecule has 5 heteroatoms. The average molecular weight is 353 g/mol. The van der Waals surface area contributed by atoms with Gasteiger partial charge in [-0.2, -0.15) is 0 Å². The summed E-state index contributed by atoms with van der Waals surface area (Å²) in [7, 11) is 0. The molecule has 0 heterocycles. The van der Waals surface area contributed by atoms with Crippen LogP contribution in [0.3, 0.4) is 0 Å².